The standard InChI is InChI=1S/C28H32N2O7/c31-25(21-5-1-3-7-23(21)27(33)34)29-17-9-13-19(14-10-17)37-20-15-11-18(12-16-20)30-26(32)22-6-2-4-8-24(22)28(35)36/h9-16,21-24H,1-8H2,(H,29,31)(H,30,32)(H,33,34)(H,35,36)/t21-,22+,23-,24-/m1/s1. The smallest absolute Gasteiger partial charge is 0.307 e. The van der Waals surface area contributed by atoms with Crippen LogP contribution in [0.5, 0.6) is 11.5 Å². The molecule has 0 bridgehead atoms. The fourth-order valence-corrected chi connectivity index (χ4v) is 5.30. The van der Waals surface area contributed by atoms with Gasteiger partial charge in [-0.05, 0) is 74.2 Å². The summed E-state index contributed by atoms with van der Waals surface area (Å²) in [5.74, 6) is -3.67. The number of anilines is 2. The minimum absolute atomic E-state index is 0.277. The summed E-state index contributed by atoms with van der Waals surface area (Å²) < 4.78 is 5.85. The highest BCUT2D eigenvalue weighted by molar-refractivity contribution is 5.96. The van der Waals surface area contributed by atoms with E-state index in [1.165, 1.54) is 0 Å². The van der Waals surface area contributed by atoms with Crippen molar-refractivity contribution < 1.29 is 34.1 Å². The first-order valence-corrected chi connectivity index (χ1v) is 12.8. The monoisotopic (exact) mass is 508 g/mol. The third kappa shape index (κ3) is 6.67. The summed E-state index contributed by atoms with van der Waals surface area (Å²) in [4.78, 5) is 48.3. The molecule has 2 aromatic rings. The van der Waals surface area contributed by atoms with Crippen molar-refractivity contribution in [2.75, 3.05) is 10.6 Å². The van der Waals surface area contributed by atoms with Gasteiger partial charge in [0.05, 0.1) is 23.7 Å². The zero-order valence-corrected chi connectivity index (χ0v) is 20.5. The van der Waals surface area contributed by atoms with E-state index in [4.69, 9.17) is 4.74 Å². The lowest BCUT2D eigenvalue weighted by Crippen LogP contribution is -2.36. The van der Waals surface area contributed by atoms with Gasteiger partial charge < -0.3 is 25.6 Å². The molecule has 4 rings (SSSR count). The van der Waals surface area contributed by atoms with Crippen LogP contribution in [0.4, 0.5) is 11.4 Å². The number of hydrogen-bond donors (Lipinski definition) is 4. The molecule has 0 saturated heterocycles. The van der Waals surface area contributed by atoms with Gasteiger partial charge in [-0.2, -0.15) is 0 Å². The van der Waals surface area contributed by atoms with Crippen molar-refractivity contribution in [1.29, 1.82) is 0 Å². The Morgan fingerprint density at radius 2 is 0.892 bits per heavy atom. The molecule has 2 aliphatic rings. The lowest BCUT2D eigenvalue weighted by molar-refractivity contribution is -0.148. The van der Waals surface area contributed by atoms with Crippen LogP contribution < -0.4 is 15.4 Å². The molecular formula is C28H32N2O7. The SMILES string of the molecule is O=C(Nc1ccc(Oc2ccc(NC(=O)[C@@H]3CCCC[C@H]3C(=O)O)cc2)cc1)[C@H]1CCCC[C@H]1C(=O)O. The molecule has 0 unspecified atom stereocenters. The molecule has 2 saturated carbocycles. The van der Waals surface area contributed by atoms with E-state index in [-0.39, 0.29) is 11.8 Å². The van der Waals surface area contributed by atoms with Crippen molar-refractivity contribution >= 4 is 35.1 Å². The van der Waals surface area contributed by atoms with E-state index in [1.54, 1.807) is 48.5 Å². The van der Waals surface area contributed by atoms with Crippen LogP contribution in [0.2, 0.25) is 0 Å². The van der Waals surface area contributed by atoms with Crippen LogP contribution >= 0.6 is 0 Å². The van der Waals surface area contributed by atoms with Crippen molar-refractivity contribution in [1.82, 2.24) is 0 Å². The number of carboxylic acids is 2. The lowest BCUT2D eigenvalue weighted by Gasteiger charge is -2.27. The first-order valence-electron chi connectivity index (χ1n) is 12.8. The molecule has 9 nitrogen and oxygen atoms in total. The number of ether oxygens (including phenoxy) is 1. The molecule has 4 N–H and O–H groups in total. The molecular weight excluding hydrogens is 476 g/mol. The lowest BCUT2D eigenvalue weighted by atomic mass is 9.78. The van der Waals surface area contributed by atoms with Crippen molar-refractivity contribution in [2.24, 2.45) is 23.7 Å². The summed E-state index contributed by atoms with van der Waals surface area (Å²) in [6.45, 7) is 0. The zero-order valence-electron chi connectivity index (χ0n) is 20.5. The average Bonchev–Trinajstić information content (AvgIpc) is 2.90. The van der Waals surface area contributed by atoms with Crippen molar-refractivity contribution in [2.45, 2.75) is 51.4 Å². The predicted octanol–water partition coefficient (Wildman–Crippen LogP) is 5.14. The molecule has 4 atom stereocenters. The largest absolute Gasteiger partial charge is 0.481 e. The normalized spacial score (nSPS) is 23.5. The van der Waals surface area contributed by atoms with E-state index >= 15 is 0 Å². The topological polar surface area (TPSA) is 142 Å². The maximum Gasteiger partial charge on any atom is 0.307 e. The maximum absolute atomic E-state index is 12.7. The summed E-state index contributed by atoms with van der Waals surface area (Å²) in [7, 11) is 0. The number of hydrogen-bond acceptors (Lipinski definition) is 5. The number of carbonyl (C=O) groups is 4. The van der Waals surface area contributed by atoms with E-state index in [9.17, 15) is 29.4 Å². The van der Waals surface area contributed by atoms with Gasteiger partial charge in [-0.1, -0.05) is 25.7 Å². The van der Waals surface area contributed by atoms with Gasteiger partial charge in [0.25, 0.3) is 0 Å². The second-order valence-electron chi connectivity index (χ2n) is 9.80. The minimum Gasteiger partial charge on any atom is -0.481 e. The Bertz CT molecular complexity index is 1040. The van der Waals surface area contributed by atoms with Crippen LogP contribution in [0.3, 0.4) is 0 Å². The van der Waals surface area contributed by atoms with Crippen molar-refractivity contribution in [3.63, 3.8) is 0 Å². The van der Waals surface area contributed by atoms with E-state index in [0.29, 0.717) is 48.6 Å². The molecule has 2 aliphatic carbocycles. The van der Waals surface area contributed by atoms with Crippen LogP contribution in [0.1, 0.15) is 51.4 Å². The molecule has 0 spiro atoms. The van der Waals surface area contributed by atoms with Crippen molar-refractivity contribution in [3.8, 4) is 11.5 Å². The Balaban J connectivity index is 1.31. The number of aliphatic carboxylic acids is 2. The van der Waals surface area contributed by atoms with Gasteiger partial charge in [0.1, 0.15) is 11.5 Å². The average molecular weight is 509 g/mol. The Morgan fingerprint density at radius 1 is 0.568 bits per heavy atom. The van der Waals surface area contributed by atoms with Gasteiger partial charge in [-0.3, -0.25) is 19.2 Å². The third-order valence-electron chi connectivity index (χ3n) is 7.32. The van der Waals surface area contributed by atoms with Gasteiger partial charge in [0.2, 0.25) is 11.8 Å². The minimum atomic E-state index is -0.923. The Labute approximate surface area is 215 Å². The molecule has 2 fully saturated rings. The predicted molar refractivity (Wildman–Crippen MR) is 136 cm³/mol. The second kappa shape index (κ2) is 11.9. The van der Waals surface area contributed by atoms with Crippen LogP contribution in [0.15, 0.2) is 48.5 Å². The molecule has 0 heterocycles. The van der Waals surface area contributed by atoms with Crippen LogP contribution in [-0.2, 0) is 19.2 Å². The number of rotatable bonds is 8. The summed E-state index contributed by atoms with van der Waals surface area (Å²) in [5.41, 5.74) is 1.13. The van der Waals surface area contributed by atoms with Crippen LogP contribution in [-0.4, -0.2) is 34.0 Å². The van der Waals surface area contributed by atoms with Gasteiger partial charge in [-0.25, -0.2) is 0 Å². The Morgan fingerprint density at radius 3 is 1.22 bits per heavy atom. The highest BCUT2D eigenvalue weighted by atomic mass is 16.5. The second-order valence-corrected chi connectivity index (χ2v) is 9.80. The molecule has 9 heteroatoms. The fourth-order valence-electron chi connectivity index (χ4n) is 5.30. The summed E-state index contributed by atoms with van der Waals surface area (Å²) in [6.07, 6.45) is 5.53. The zero-order chi connectivity index (χ0) is 26.4. The van der Waals surface area contributed by atoms with E-state index in [2.05, 4.69) is 10.6 Å². The van der Waals surface area contributed by atoms with Gasteiger partial charge in [0, 0.05) is 11.4 Å². The van der Waals surface area contributed by atoms with E-state index in [1.807, 2.05) is 0 Å². The number of carbonyl (C=O) groups excluding carboxylic acids is 2. The third-order valence-corrected chi connectivity index (χ3v) is 7.32. The molecule has 37 heavy (non-hydrogen) atoms. The van der Waals surface area contributed by atoms with Crippen LogP contribution in [0, 0.1) is 23.7 Å². The number of nitrogens with one attached hydrogen (secondary N) is 2. The van der Waals surface area contributed by atoms with Crippen LogP contribution in [0.25, 0.3) is 0 Å². The van der Waals surface area contributed by atoms with Gasteiger partial charge in [0.15, 0.2) is 0 Å². The highest BCUT2D eigenvalue weighted by Crippen LogP contribution is 2.33. The first kappa shape index (κ1) is 26.2. The number of benzene rings is 2. The quantitative estimate of drug-likeness (QED) is 0.387. The Kier molecular flexibility index (Phi) is 8.43. The molecule has 0 aliphatic heterocycles. The summed E-state index contributed by atoms with van der Waals surface area (Å²) in [6, 6.07) is 13.6. The highest BCUT2D eigenvalue weighted by Gasteiger charge is 2.36. The van der Waals surface area contributed by atoms with Gasteiger partial charge >= 0.3 is 11.9 Å². The van der Waals surface area contributed by atoms with Crippen molar-refractivity contribution in [3.05, 3.63) is 48.5 Å². The molecule has 0 aromatic heterocycles. The molecule has 0 radical (unpaired) electrons. The number of carboxylic acid groups (broad SMARTS) is 2. The molecule has 196 valence electrons. The molecule has 2 amide bonds. The number of amides is 2. The van der Waals surface area contributed by atoms with E-state index < -0.39 is 35.6 Å². The van der Waals surface area contributed by atoms with E-state index in [0.717, 1.165) is 25.7 Å². The fraction of sp³-hybridized carbons (Fsp3) is 0.429. The summed E-state index contributed by atoms with van der Waals surface area (Å²) >= 11 is 0. The maximum atomic E-state index is 12.7. The Hall–Kier alpha value is -3.88. The van der Waals surface area contributed by atoms with Gasteiger partial charge in [-0.15, -0.1) is 0 Å². The first-order chi connectivity index (χ1) is 17.8. The summed E-state index contributed by atoms with van der Waals surface area (Å²) in [5, 5.41) is 24.5. The molecule has 2 aromatic carbocycles.